The fourth-order valence-electron chi connectivity index (χ4n) is 0.949. The number of unbranched alkanes of at least 4 members (excludes halogenated alkanes) is 1. The van der Waals surface area contributed by atoms with Crippen LogP contribution in [-0.4, -0.2) is 33.0 Å². The van der Waals surface area contributed by atoms with Gasteiger partial charge in [0.1, 0.15) is 0 Å². The molecular formula is C10H23N2O2. The summed E-state index contributed by atoms with van der Waals surface area (Å²) in [4.78, 5) is 0. The lowest BCUT2D eigenvalue weighted by atomic mass is 10.3. The van der Waals surface area contributed by atoms with E-state index in [-0.39, 0.29) is 0 Å². The van der Waals surface area contributed by atoms with Gasteiger partial charge in [-0.15, -0.1) is 0 Å². The second kappa shape index (κ2) is 12.8. The highest BCUT2D eigenvalue weighted by Crippen LogP contribution is 1.93. The lowest BCUT2D eigenvalue weighted by molar-refractivity contribution is 0.103. The summed E-state index contributed by atoms with van der Waals surface area (Å²) in [5.41, 5.74) is 10.5. The summed E-state index contributed by atoms with van der Waals surface area (Å²) in [6.45, 7) is 5.44. The van der Waals surface area contributed by atoms with Crippen LogP contribution in [0.5, 0.6) is 0 Å². The fourth-order valence-corrected chi connectivity index (χ4v) is 0.949. The van der Waals surface area contributed by atoms with E-state index in [0.29, 0.717) is 6.54 Å². The minimum absolute atomic E-state index is 0.707. The summed E-state index contributed by atoms with van der Waals surface area (Å²) in [5, 5.41) is 0. The van der Waals surface area contributed by atoms with Crippen LogP contribution in [0.3, 0.4) is 0 Å². The molecule has 0 aliphatic heterocycles. The first-order chi connectivity index (χ1) is 6.91. The molecule has 4 heteroatoms. The second-order valence-corrected chi connectivity index (χ2v) is 3.10. The number of ether oxygens (including phenoxy) is 2. The monoisotopic (exact) mass is 203 g/mol. The maximum Gasteiger partial charge on any atom is 0.0481 e. The van der Waals surface area contributed by atoms with Crippen LogP contribution in [0.4, 0.5) is 0 Å². The van der Waals surface area contributed by atoms with Crippen molar-refractivity contribution < 1.29 is 9.47 Å². The van der Waals surface area contributed by atoms with E-state index < -0.39 is 0 Å². The third kappa shape index (κ3) is 11.8. The molecule has 0 atom stereocenters. The first kappa shape index (κ1) is 13.8. The summed E-state index contributed by atoms with van der Waals surface area (Å²) in [6.07, 6.45) is 3.87. The smallest absolute Gasteiger partial charge is 0.0481 e. The summed E-state index contributed by atoms with van der Waals surface area (Å²) in [6, 6.07) is 0. The van der Waals surface area contributed by atoms with E-state index in [2.05, 4.69) is 0 Å². The van der Waals surface area contributed by atoms with Gasteiger partial charge < -0.3 is 20.9 Å². The van der Waals surface area contributed by atoms with Crippen molar-refractivity contribution in [3.8, 4) is 0 Å². The molecule has 0 heterocycles. The van der Waals surface area contributed by atoms with E-state index in [1.807, 2.05) is 0 Å². The molecule has 0 spiro atoms. The number of hydrogen-bond acceptors (Lipinski definition) is 4. The van der Waals surface area contributed by atoms with Crippen LogP contribution in [0.25, 0.3) is 0 Å². The molecule has 4 nitrogen and oxygen atoms in total. The van der Waals surface area contributed by atoms with Crippen molar-refractivity contribution in [3.63, 3.8) is 0 Å². The van der Waals surface area contributed by atoms with Crippen LogP contribution in [0, 0.1) is 6.54 Å². The molecule has 0 fully saturated rings. The van der Waals surface area contributed by atoms with E-state index in [9.17, 15) is 0 Å². The molecule has 4 N–H and O–H groups in total. The summed E-state index contributed by atoms with van der Waals surface area (Å²) in [7, 11) is 0. The molecule has 0 saturated heterocycles. The Morgan fingerprint density at radius 1 is 0.857 bits per heavy atom. The van der Waals surface area contributed by atoms with Crippen LogP contribution in [0.2, 0.25) is 0 Å². The Morgan fingerprint density at radius 3 is 2.00 bits per heavy atom. The van der Waals surface area contributed by atoms with Crippen molar-refractivity contribution >= 4 is 0 Å². The van der Waals surface area contributed by atoms with Gasteiger partial charge in [0.2, 0.25) is 0 Å². The van der Waals surface area contributed by atoms with Gasteiger partial charge in [0.25, 0.3) is 0 Å². The highest BCUT2D eigenvalue weighted by Gasteiger charge is 1.91. The Morgan fingerprint density at radius 2 is 1.43 bits per heavy atom. The van der Waals surface area contributed by atoms with Crippen LogP contribution < -0.4 is 11.5 Å². The first-order valence-electron chi connectivity index (χ1n) is 5.30. The summed E-state index contributed by atoms with van der Waals surface area (Å²) in [5.74, 6) is 0. The molecular weight excluding hydrogens is 180 g/mol. The van der Waals surface area contributed by atoms with Crippen LogP contribution >= 0.6 is 0 Å². The molecule has 85 valence electrons. The van der Waals surface area contributed by atoms with Crippen LogP contribution in [0.15, 0.2) is 0 Å². The zero-order valence-electron chi connectivity index (χ0n) is 8.91. The normalized spacial score (nSPS) is 10.7. The van der Waals surface area contributed by atoms with Crippen molar-refractivity contribution in [2.24, 2.45) is 11.5 Å². The lowest BCUT2D eigenvalue weighted by Gasteiger charge is -2.04. The van der Waals surface area contributed by atoms with Gasteiger partial charge in [-0.3, -0.25) is 0 Å². The molecule has 14 heavy (non-hydrogen) atoms. The third-order valence-electron chi connectivity index (χ3n) is 1.75. The third-order valence-corrected chi connectivity index (χ3v) is 1.75. The van der Waals surface area contributed by atoms with Crippen molar-refractivity contribution in [2.75, 3.05) is 33.0 Å². The van der Waals surface area contributed by atoms with E-state index >= 15 is 0 Å². The molecule has 0 bridgehead atoms. The number of nitrogens with two attached hydrogens (primary N) is 2. The van der Waals surface area contributed by atoms with Gasteiger partial charge in [-0.25, -0.2) is 0 Å². The van der Waals surface area contributed by atoms with Gasteiger partial charge in [-0.05, 0) is 32.2 Å². The predicted molar refractivity (Wildman–Crippen MR) is 57.6 cm³/mol. The van der Waals surface area contributed by atoms with Gasteiger partial charge in [0, 0.05) is 33.0 Å². The van der Waals surface area contributed by atoms with Crippen molar-refractivity contribution in [1.82, 2.24) is 0 Å². The standard InChI is InChI=1S/C10H23N2O2/c11-5-3-9-13-7-1-2-8-14-10-4-6-12/h5H,1-4,6-12H2. The molecule has 0 aromatic heterocycles. The minimum Gasteiger partial charge on any atom is -0.381 e. The first-order valence-corrected chi connectivity index (χ1v) is 5.30. The summed E-state index contributed by atoms with van der Waals surface area (Å²) < 4.78 is 10.7. The van der Waals surface area contributed by atoms with E-state index in [0.717, 1.165) is 52.1 Å². The maximum absolute atomic E-state index is 5.34. The van der Waals surface area contributed by atoms with Gasteiger partial charge in [0.05, 0.1) is 0 Å². The largest absolute Gasteiger partial charge is 0.381 e. The zero-order valence-corrected chi connectivity index (χ0v) is 8.91. The minimum atomic E-state index is 0.707. The van der Waals surface area contributed by atoms with E-state index in [1.165, 1.54) is 0 Å². The average Bonchev–Trinajstić information content (AvgIpc) is 2.21. The maximum atomic E-state index is 5.34. The van der Waals surface area contributed by atoms with E-state index in [4.69, 9.17) is 20.9 Å². The topological polar surface area (TPSA) is 70.5 Å². The molecule has 1 radical (unpaired) electrons. The average molecular weight is 203 g/mol. The lowest BCUT2D eigenvalue weighted by Crippen LogP contribution is -2.06. The highest BCUT2D eigenvalue weighted by atomic mass is 16.5. The van der Waals surface area contributed by atoms with E-state index in [1.54, 1.807) is 6.54 Å². The van der Waals surface area contributed by atoms with Crippen molar-refractivity contribution in [3.05, 3.63) is 6.54 Å². The van der Waals surface area contributed by atoms with Crippen molar-refractivity contribution in [1.29, 1.82) is 0 Å². The van der Waals surface area contributed by atoms with Gasteiger partial charge in [-0.2, -0.15) is 0 Å². The predicted octanol–water partition coefficient (Wildman–Crippen LogP) is 0.659. The number of hydrogen-bond donors (Lipinski definition) is 2. The Balaban J connectivity index is 2.78. The molecule has 0 saturated carbocycles. The van der Waals surface area contributed by atoms with Crippen LogP contribution in [0.1, 0.15) is 25.7 Å². The molecule has 0 aromatic carbocycles. The Hall–Kier alpha value is -0.160. The molecule has 0 aromatic rings. The fraction of sp³-hybridized carbons (Fsp3) is 0.900. The SMILES string of the molecule is N[CH]CCOCCCCOCCCN. The van der Waals surface area contributed by atoms with Gasteiger partial charge in [0.15, 0.2) is 0 Å². The Bertz CT molecular complexity index is 90.1. The zero-order chi connectivity index (χ0) is 10.5. The Kier molecular flexibility index (Phi) is 12.7. The Labute approximate surface area is 86.9 Å². The molecule has 0 amide bonds. The second-order valence-electron chi connectivity index (χ2n) is 3.10. The molecule has 0 rings (SSSR count). The van der Waals surface area contributed by atoms with Gasteiger partial charge >= 0.3 is 0 Å². The van der Waals surface area contributed by atoms with Crippen molar-refractivity contribution in [2.45, 2.75) is 25.7 Å². The summed E-state index contributed by atoms with van der Waals surface area (Å²) >= 11 is 0. The molecule has 0 aliphatic rings. The van der Waals surface area contributed by atoms with Crippen LogP contribution in [-0.2, 0) is 9.47 Å². The molecule has 0 aliphatic carbocycles. The van der Waals surface area contributed by atoms with Gasteiger partial charge in [-0.1, -0.05) is 0 Å². The molecule has 0 unspecified atom stereocenters. The highest BCUT2D eigenvalue weighted by molar-refractivity contribution is 4.50. The quantitative estimate of drug-likeness (QED) is 0.484. The number of rotatable bonds is 11.